The lowest BCUT2D eigenvalue weighted by Crippen LogP contribution is -2.12. The molecule has 0 aliphatic rings. The van der Waals surface area contributed by atoms with Gasteiger partial charge in [0.15, 0.2) is 6.67 Å². The molecule has 0 amide bonds. The fraction of sp³-hybridized carbons (Fsp3) is 0.375. The van der Waals surface area contributed by atoms with Crippen molar-refractivity contribution in [3.8, 4) is 5.88 Å². The number of nitrogens with zero attached hydrogens (tertiary/aromatic N) is 1. The second-order valence-electron chi connectivity index (χ2n) is 2.32. The van der Waals surface area contributed by atoms with Gasteiger partial charge in [-0.05, 0) is 5.56 Å². The Kier molecular flexibility index (Phi) is 3.89. The Morgan fingerprint density at radius 3 is 2.77 bits per heavy atom. The molecule has 1 aromatic rings. The van der Waals surface area contributed by atoms with Gasteiger partial charge < -0.3 is 4.74 Å². The normalized spacial score (nSPS) is 12.5. The van der Waals surface area contributed by atoms with Crippen LogP contribution in [0.1, 0.15) is 5.56 Å². The molecule has 0 aliphatic carbocycles. The fourth-order valence-electron chi connectivity index (χ4n) is 0.722. The minimum absolute atomic E-state index is 0.0546. The average molecular weight is 208 g/mol. The maximum Gasteiger partial charge on any atom is 0.268 e. The molecule has 0 N–H and O–H groups in total. The maximum absolute atomic E-state index is 12.3. The predicted molar refractivity (Wildman–Crippen MR) is 45.3 cm³/mol. The van der Waals surface area contributed by atoms with Crippen LogP contribution >= 0.6 is 11.6 Å². The molecular weight excluding hydrogens is 200 g/mol. The number of hydrogen-bond acceptors (Lipinski definition) is 2. The molecule has 0 saturated carbocycles. The van der Waals surface area contributed by atoms with Gasteiger partial charge in [-0.15, -0.1) is 11.6 Å². The Bertz CT molecular complexity index is 255. The first-order chi connectivity index (χ1) is 6.26. The van der Waals surface area contributed by atoms with Crippen molar-refractivity contribution in [2.45, 2.75) is 12.2 Å². The van der Waals surface area contributed by atoms with E-state index in [0.29, 0.717) is 5.88 Å². The molecule has 0 saturated heterocycles. The van der Waals surface area contributed by atoms with Crippen LogP contribution in [0.3, 0.4) is 0 Å². The number of hydrogen-bond donors (Lipinski definition) is 0. The van der Waals surface area contributed by atoms with E-state index in [1.807, 2.05) is 0 Å². The van der Waals surface area contributed by atoms with Gasteiger partial charge in [-0.1, -0.05) is 6.07 Å². The van der Waals surface area contributed by atoms with Crippen LogP contribution < -0.4 is 4.74 Å². The first kappa shape index (κ1) is 10.2. The van der Waals surface area contributed by atoms with Crippen molar-refractivity contribution in [1.82, 2.24) is 4.98 Å². The van der Waals surface area contributed by atoms with Gasteiger partial charge in [0.1, 0.15) is 0 Å². The van der Waals surface area contributed by atoms with Crippen molar-refractivity contribution in [1.29, 1.82) is 0 Å². The molecule has 1 atom stereocenters. The van der Waals surface area contributed by atoms with Gasteiger partial charge in [-0.3, -0.25) is 0 Å². The molecule has 1 rings (SSSR count). The number of rotatable bonds is 4. The summed E-state index contributed by atoms with van der Waals surface area (Å²) in [6, 6.07) is 3.08. The summed E-state index contributed by atoms with van der Waals surface area (Å²) in [7, 11) is 0. The fourth-order valence-corrected chi connectivity index (χ4v) is 0.880. The van der Waals surface area contributed by atoms with E-state index in [-0.39, 0.29) is 5.88 Å². The summed E-state index contributed by atoms with van der Waals surface area (Å²) in [6.07, 6.45) is -0.498. The molecular formula is C8H8ClF2NO. The zero-order valence-electron chi connectivity index (χ0n) is 6.71. The largest absolute Gasteiger partial charge is 0.440 e. The van der Waals surface area contributed by atoms with Gasteiger partial charge in [0, 0.05) is 18.1 Å². The number of ether oxygens (including phenoxy) is 1. The zero-order chi connectivity index (χ0) is 9.68. The molecule has 1 aromatic heterocycles. The quantitative estimate of drug-likeness (QED) is 0.708. The summed E-state index contributed by atoms with van der Waals surface area (Å²) in [5.41, 5.74) is 0.796. The second-order valence-corrected chi connectivity index (χ2v) is 2.59. The molecule has 0 radical (unpaired) electrons. The lowest BCUT2D eigenvalue weighted by Gasteiger charge is -2.06. The van der Waals surface area contributed by atoms with Gasteiger partial charge in [0.05, 0.1) is 0 Å². The summed E-state index contributed by atoms with van der Waals surface area (Å²) in [5, 5.41) is 0. The van der Waals surface area contributed by atoms with Crippen molar-refractivity contribution in [2.24, 2.45) is 0 Å². The van der Waals surface area contributed by atoms with Crippen LogP contribution in [0.5, 0.6) is 5.88 Å². The molecule has 0 aliphatic heterocycles. The van der Waals surface area contributed by atoms with E-state index in [0.717, 1.165) is 5.56 Å². The van der Waals surface area contributed by atoms with Crippen molar-refractivity contribution in [2.75, 3.05) is 6.67 Å². The highest BCUT2D eigenvalue weighted by atomic mass is 35.5. The van der Waals surface area contributed by atoms with Crippen LogP contribution in [-0.4, -0.2) is 18.0 Å². The monoisotopic (exact) mass is 207 g/mol. The molecule has 0 fully saturated rings. The van der Waals surface area contributed by atoms with E-state index >= 15 is 0 Å². The third-order valence-electron chi connectivity index (χ3n) is 1.32. The van der Waals surface area contributed by atoms with Crippen LogP contribution in [0, 0.1) is 0 Å². The first-order valence-electron chi connectivity index (χ1n) is 3.64. The van der Waals surface area contributed by atoms with Crippen molar-refractivity contribution in [3.05, 3.63) is 23.9 Å². The van der Waals surface area contributed by atoms with Gasteiger partial charge in [0.2, 0.25) is 5.88 Å². The van der Waals surface area contributed by atoms with E-state index in [9.17, 15) is 8.78 Å². The summed E-state index contributed by atoms with van der Waals surface area (Å²) in [4.78, 5) is 3.72. The maximum atomic E-state index is 12.3. The van der Waals surface area contributed by atoms with Crippen molar-refractivity contribution in [3.63, 3.8) is 0 Å². The van der Waals surface area contributed by atoms with Crippen LogP contribution in [0.2, 0.25) is 0 Å². The Morgan fingerprint density at radius 1 is 1.54 bits per heavy atom. The van der Waals surface area contributed by atoms with Gasteiger partial charge in [-0.25, -0.2) is 9.37 Å². The number of aromatic nitrogens is 1. The SMILES string of the molecule is FCC(F)Oc1ccc(CCl)cn1. The summed E-state index contributed by atoms with van der Waals surface area (Å²) < 4.78 is 28.5. The average Bonchev–Trinajstić information content (AvgIpc) is 2.19. The predicted octanol–water partition coefficient (Wildman–Crippen LogP) is 2.46. The molecule has 1 unspecified atom stereocenters. The summed E-state index contributed by atoms with van der Waals surface area (Å²) >= 11 is 5.50. The zero-order valence-corrected chi connectivity index (χ0v) is 7.47. The van der Waals surface area contributed by atoms with Crippen molar-refractivity contribution < 1.29 is 13.5 Å². The Labute approximate surface area is 79.5 Å². The van der Waals surface area contributed by atoms with E-state index in [1.165, 1.54) is 12.3 Å². The Hall–Kier alpha value is -0.900. The van der Waals surface area contributed by atoms with E-state index in [1.54, 1.807) is 6.07 Å². The Balaban J connectivity index is 2.58. The molecule has 0 bridgehead atoms. The third kappa shape index (κ3) is 3.14. The Morgan fingerprint density at radius 2 is 2.31 bits per heavy atom. The number of halogens is 3. The van der Waals surface area contributed by atoms with Crippen LogP contribution in [0.25, 0.3) is 0 Å². The molecule has 5 heteroatoms. The molecule has 72 valence electrons. The van der Waals surface area contributed by atoms with Crippen LogP contribution in [0.4, 0.5) is 8.78 Å². The standard InChI is InChI=1S/C8H8ClF2NO/c9-3-6-1-2-8(12-5-6)13-7(11)4-10/h1-2,5,7H,3-4H2. The van der Waals surface area contributed by atoms with E-state index in [2.05, 4.69) is 9.72 Å². The molecule has 0 spiro atoms. The lowest BCUT2D eigenvalue weighted by molar-refractivity contribution is 0.0394. The minimum Gasteiger partial charge on any atom is -0.440 e. The summed E-state index contributed by atoms with van der Waals surface area (Å²) in [5.74, 6) is 0.383. The number of pyridine rings is 1. The van der Waals surface area contributed by atoms with Crippen LogP contribution in [0.15, 0.2) is 18.3 Å². The van der Waals surface area contributed by atoms with Gasteiger partial charge in [-0.2, -0.15) is 4.39 Å². The highest BCUT2D eigenvalue weighted by molar-refractivity contribution is 6.17. The molecule has 13 heavy (non-hydrogen) atoms. The van der Waals surface area contributed by atoms with Crippen molar-refractivity contribution >= 4 is 11.6 Å². The first-order valence-corrected chi connectivity index (χ1v) is 4.17. The van der Waals surface area contributed by atoms with E-state index < -0.39 is 13.0 Å². The van der Waals surface area contributed by atoms with Crippen LogP contribution in [-0.2, 0) is 5.88 Å². The molecule has 0 aromatic carbocycles. The highest BCUT2D eigenvalue weighted by Gasteiger charge is 2.07. The molecule has 1 heterocycles. The topological polar surface area (TPSA) is 22.1 Å². The number of alkyl halides is 3. The summed E-state index contributed by atoms with van der Waals surface area (Å²) in [6.45, 7) is -1.18. The third-order valence-corrected chi connectivity index (χ3v) is 1.63. The van der Waals surface area contributed by atoms with Gasteiger partial charge in [0.25, 0.3) is 6.36 Å². The smallest absolute Gasteiger partial charge is 0.268 e. The minimum atomic E-state index is -1.95. The molecule has 2 nitrogen and oxygen atoms in total. The second kappa shape index (κ2) is 4.97. The van der Waals surface area contributed by atoms with E-state index in [4.69, 9.17) is 11.6 Å². The van der Waals surface area contributed by atoms with Gasteiger partial charge >= 0.3 is 0 Å². The highest BCUT2D eigenvalue weighted by Crippen LogP contribution is 2.11. The lowest BCUT2D eigenvalue weighted by atomic mass is 10.3.